The van der Waals surface area contributed by atoms with Crippen LogP contribution < -0.4 is 14.9 Å². The van der Waals surface area contributed by atoms with Gasteiger partial charge in [-0.3, -0.25) is 15.0 Å². The Bertz CT molecular complexity index is 1470. The maximum atomic E-state index is 13.1. The molecule has 2 heterocycles. The molecule has 0 saturated carbocycles. The van der Waals surface area contributed by atoms with Gasteiger partial charge in [0.15, 0.2) is 0 Å². The number of nitrogens with one attached hydrogen (secondary N) is 2. The minimum atomic E-state index is -4.08. The summed E-state index contributed by atoms with van der Waals surface area (Å²) in [5.41, 5.74) is 3.47. The fourth-order valence-corrected chi connectivity index (χ4v) is 5.67. The summed E-state index contributed by atoms with van der Waals surface area (Å²) in [6, 6.07) is 14.6. The predicted molar refractivity (Wildman–Crippen MR) is 143 cm³/mol. The lowest BCUT2D eigenvalue weighted by molar-refractivity contribution is -0.133. The van der Waals surface area contributed by atoms with Crippen LogP contribution in [0, 0.1) is 12.8 Å². The van der Waals surface area contributed by atoms with Crippen LogP contribution in [0.1, 0.15) is 32.0 Å². The van der Waals surface area contributed by atoms with Gasteiger partial charge < -0.3 is 14.4 Å². The lowest BCUT2D eigenvalue weighted by atomic mass is 10.0. The van der Waals surface area contributed by atoms with E-state index in [0.717, 1.165) is 22.2 Å². The Morgan fingerprint density at radius 1 is 1.10 bits per heavy atom. The lowest BCUT2D eigenvalue weighted by Gasteiger charge is -2.24. The monoisotopic (exact) mass is 556 g/mol. The predicted octanol–water partition coefficient (Wildman–Crippen LogP) is 3.14. The molecule has 11 nitrogen and oxygen atoms in total. The highest BCUT2D eigenvalue weighted by atomic mass is 32.2. The smallest absolute Gasteiger partial charge is 0.410 e. The van der Waals surface area contributed by atoms with Gasteiger partial charge in [0, 0.05) is 29.7 Å². The summed E-state index contributed by atoms with van der Waals surface area (Å²) in [6.07, 6.45) is -0.682. The van der Waals surface area contributed by atoms with Crippen molar-refractivity contribution in [2.45, 2.75) is 50.8 Å². The van der Waals surface area contributed by atoms with E-state index < -0.39 is 39.6 Å². The van der Waals surface area contributed by atoms with Gasteiger partial charge in [-0.05, 0) is 64.1 Å². The zero-order valence-electron chi connectivity index (χ0n) is 22.2. The van der Waals surface area contributed by atoms with Gasteiger partial charge >= 0.3 is 6.09 Å². The molecular weight excluding hydrogens is 524 g/mol. The molecule has 1 saturated heterocycles. The van der Waals surface area contributed by atoms with Crippen molar-refractivity contribution in [3.63, 3.8) is 0 Å². The zero-order valence-corrected chi connectivity index (χ0v) is 23.0. The van der Waals surface area contributed by atoms with E-state index in [2.05, 4.69) is 9.71 Å². The first kappa shape index (κ1) is 28.3. The number of fused-ring (bicyclic) bond motifs is 1. The van der Waals surface area contributed by atoms with Gasteiger partial charge in [-0.15, -0.1) is 0 Å². The van der Waals surface area contributed by atoms with Crippen LogP contribution in [0.5, 0.6) is 5.75 Å². The SMILES string of the molecule is Cc1cc(COc2ccc(S(=O)(=O)NC3CN(C(=O)OC(C)(C)C)CC3C(=O)NO)cc2)c2ccccc2n1. The van der Waals surface area contributed by atoms with Gasteiger partial charge in [0.25, 0.3) is 0 Å². The van der Waals surface area contributed by atoms with Gasteiger partial charge in [-0.25, -0.2) is 23.4 Å². The van der Waals surface area contributed by atoms with E-state index in [-0.39, 0.29) is 24.6 Å². The molecule has 2 unspecified atom stereocenters. The Morgan fingerprint density at radius 2 is 1.79 bits per heavy atom. The average Bonchev–Trinajstić information content (AvgIpc) is 3.29. The van der Waals surface area contributed by atoms with E-state index in [1.165, 1.54) is 17.0 Å². The number of likely N-dealkylation sites (tertiary alicyclic amines) is 1. The maximum Gasteiger partial charge on any atom is 0.410 e. The van der Waals surface area contributed by atoms with E-state index in [1.807, 2.05) is 37.3 Å². The van der Waals surface area contributed by atoms with Gasteiger partial charge in [0.05, 0.1) is 22.4 Å². The largest absolute Gasteiger partial charge is 0.489 e. The molecule has 1 aromatic heterocycles. The van der Waals surface area contributed by atoms with Crippen molar-refractivity contribution in [1.82, 2.24) is 20.1 Å². The average molecular weight is 557 g/mol. The van der Waals surface area contributed by atoms with E-state index in [9.17, 15) is 18.0 Å². The van der Waals surface area contributed by atoms with Crippen molar-refractivity contribution in [2.75, 3.05) is 13.1 Å². The molecule has 12 heteroatoms. The van der Waals surface area contributed by atoms with Crippen LogP contribution in [0.4, 0.5) is 4.79 Å². The summed E-state index contributed by atoms with van der Waals surface area (Å²) < 4.78 is 40.0. The Hall–Kier alpha value is -3.74. The van der Waals surface area contributed by atoms with E-state index >= 15 is 0 Å². The molecule has 2 amide bonds. The molecule has 0 bridgehead atoms. The number of hydrogen-bond acceptors (Lipinski definition) is 8. The number of para-hydroxylation sites is 1. The van der Waals surface area contributed by atoms with Crippen LogP contribution in [-0.4, -0.2) is 60.2 Å². The van der Waals surface area contributed by atoms with Crippen molar-refractivity contribution in [2.24, 2.45) is 5.92 Å². The normalized spacial score (nSPS) is 17.7. The number of hydroxylamine groups is 1. The van der Waals surface area contributed by atoms with Crippen LogP contribution in [0.3, 0.4) is 0 Å². The third-order valence-corrected chi connectivity index (χ3v) is 7.69. The fraction of sp³-hybridized carbons (Fsp3) is 0.370. The molecule has 4 rings (SSSR count). The zero-order chi connectivity index (χ0) is 28.4. The second-order valence-electron chi connectivity index (χ2n) is 10.4. The molecule has 208 valence electrons. The molecule has 3 N–H and O–H groups in total. The molecule has 3 aromatic rings. The van der Waals surface area contributed by atoms with E-state index in [4.69, 9.17) is 14.7 Å². The van der Waals surface area contributed by atoms with Crippen molar-refractivity contribution in [3.8, 4) is 5.75 Å². The highest BCUT2D eigenvalue weighted by Gasteiger charge is 2.43. The minimum Gasteiger partial charge on any atom is -0.489 e. The number of amides is 2. The molecule has 39 heavy (non-hydrogen) atoms. The van der Waals surface area contributed by atoms with Crippen molar-refractivity contribution >= 4 is 32.9 Å². The number of benzene rings is 2. The third-order valence-electron chi connectivity index (χ3n) is 6.18. The Kier molecular flexibility index (Phi) is 8.09. The standard InChI is InChI=1S/C27H32N4O7S/c1-17-13-18(21-7-5-6-8-23(21)28-17)16-37-19-9-11-20(12-10-19)39(35,36)30-24-15-31(14-22(24)25(32)29-34)26(33)38-27(2,3)4/h5-13,22,24,30,34H,14-16H2,1-4H3,(H,29,32). The second-order valence-corrected chi connectivity index (χ2v) is 12.1. The van der Waals surface area contributed by atoms with E-state index in [0.29, 0.717) is 5.75 Å². The van der Waals surface area contributed by atoms with Crippen LogP contribution in [0.2, 0.25) is 0 Å². The number of aromatic nitrogens is 1. The topological polar surface area (TPSA) is 147 Å². The molecule has 1 fully saturated rings. The van der Waals surface area contributed by atoms with Crippen LogP contribution in [0.15, 0.2) is 59.5 Å². The quantitative estimate of drug-likeness (QED) is 0.297. The summed E-state index contributed by atoms with van der Waals surface area (Å²) >= 11 is 0. The summed E-state index contributed by atoms with van der Waals surface area (Å²) in [5, 5.41) is 10.1. The highest BCUT2D eigenvalue weighted by molar-refractivity contribution is 7.89. The maximum absolute atomic E-state index is 13.1. The number of sulfonamides is 1. The van der Waals surface area contributed by atoms with Crippen LogP contribution in [0.25, 0.3) is 10.9 Å². The summed E-state index contributed by atoms with van der Waals surface area (Å²) in [7, 11) is -4.08. The van der Waals surface area contributed by atoms with Crippen molar-refractivity contribution in [1.29, 1.82) is 0 Å². The second kappa shape index (κ2) is 11.2. The van der Waals surface area contributed by atoms with Crippen LogP contribution in [-0.2, 0) is 26.2 Å². The van der Waals surface area contributed by atoms with Crippen LogP contribution >= 0.6 is 0 Å². The Morgan fingerprint density at radius 3 is 2.46 bits per heavy atom. The summed E-state index contributed by atoms with van der Waals surface area (Å²) in [4.78, 5) is 30.5. The van der Waals surface area contributed by atoms with Gasteiger partial charge in [0.1, 0.15) is 18.0 Å². The Balaban J connectivity index is 1.45. The number of hydrogen-bond donors (Lipinski definition) is 3. The number of aryl methyl sites for hydroxylation is 1. The summed E-state index contributed by atoms with van der Waals surface area (Å²) in [5.74, 6) is -1.35. The van der Waals surface area contributed by atoms with Crippen molar-refractivity contribution in [3.05, 3.63) is 65.9 Å². The molecule has 2 atom stereocenters. The molecule has 0 spiro atoms. The third kappa shape index (κ3) is 6.83. The van der Waals surface area contributed by atoms with Gasteiger partial charge in [0.2, 0.25) is 15.9 Å². The number of pyridine rings is 1. The first-order chi connectivity index (χ1) is 18.4. The first-order valence-electron chi connectivity index (χ1n) is 12.4. The van der Waals surface area contributed by atoms with Crippen molar-refractivity contribution < 1.29 is 32.7 Å². The molecule has 0 radical (unpaired) electrons. The first-order valence-corrected chi connectivity index (χ1v) is 13.9. The molecule has 0 aliphatic carbocycles. The number of nitrogens with zero attached hydrogens (tertiary/aromatic N) is 2. The number of rotatable bonds is 7. The molecular formula is C27H32N4O7S. The number of carbonyl (C=O) groups excluding carboxylic acids is 2. The molecule has 2 aromatic carbocycles. The number of carbonyl (C=O) groups is 2. The highest BCUT2D eigenvalue weighted by Crippen LogP contribution is 2.25. The Labute approximate surface area is 227 Å². The lowest BCUT2D eigenvalue weighted by Crippen LogP contribution is -2.45. The summed E-state index contributed by atoms with van der Waals surface area (Å²) in [6.45, 7) is 7.06. The van der Waals surface area contributed by atoms with Gasteiger partial charge in [-0.1, -0.05) is 18.2 Å². The molecule has 1 aliphatic heterocycles. The fourth-order valence-electron chi connectivity index (χ4n) is 4.41. The number of ether oxygens (including phenoxy) is 2. The minimum absolute atomic E-state index is 0.0427. The molecule has 1 aliphatic rings. The van der Waals surface area contributed by atoms with E-state index in [1.54, 1.807) is 38.4 Å². The van der Waals surface area contributed by atoms with Gasteiger partial charge in [-0.2, -0.15) is 0 Å².